The van der Waals surface area contributed by atoms with Gasteiger partial charge in [-0.1, -0.05) is 306 Å². The molecule has 0 bridgehead atoms. The molecule has 3 N–H and O–H groups in total. The van der Waals surface area contributed by atoms with Gasteiger partial charge in [-0.3, -0.25) is 37.3 Å². The lowest BCUT2D eigenvalue weighted by atomic mass is 10.0. The van der Waals surface area contributed by atoms with E-state index in [2.05, 4.69) is 88.5 Å². The first-order valence-corrected chi connectivity index (χ1v) is 42.2. The van der Waals surface area contributed by atoms with Crippen LogP contribution in [0.2, 0.25) is 0 Å². The third-order valence-electron chi connectivity index (χ3n) is 16.7. The molecule has 19 heteroatoms. The smallest absolute Gasteiger partial charge is 0.462 e. The number of allylic oxidation sites excluding steroid dienone is 12. The monoisotopic (exact) mass is 1420 g/mol. The lowest BCUT2D eigenvalue weighted by Gasteiger charge is -2.21. The molecule has 0 radical (unpaired) electrons. The second-order valence-corrected chi connectivity index (χ2v) is 29.2. The summed E-state index contributed by atoms with van der Waals surface area (Å²) in [5.41, 5.74) is 0. The van der Waals surface area contributed by atoms with Crippen LogP contribution in [-0.4, -0.2) is 96.7 Å². The maximum absolute atomic E-state index is 13.1. The molecule has 98 heavy (non-hydrogen) atoms. The summed E-state index contributed by atoms with van der Waals surface area (Å²) in [6.07, 6.45) is 71.7. The van der Waals surface area contributed by atoms with Crippen LogP contribution in [0.5, 0.6) is 0 Å². The zero-order chi connectivity index (χ0) is 71.8. The maximum atomic E-state index is 13.1. The minimum atomic E-state index is -4.98. The largest absolute Gasteiger partial charge is 0.472 e. The molecule has 0 aromatic heterocycles. The third-order valence-corrected chi connectivity index (χ3v) is 18.6. The molecule has 0 fully saturated rings. The molecule has 0 saturated heterocycles. The number of esters is 4. The summed E-state index contributed by atoms with van der Waals surface area (Å²) < 4.78 is 68.5. The van der Waals surface area contributed by atoms with Gasteiger partial charge in [-0.05, 0) is 89.9 Å². The number of ether oxygens (including phenoxy) is 4. The minimum absolute atomic E-state index is 0.0231. The van der Waals surface area contributed by atoms with Crippen LogP contribution in [0.3, 0.4) is 0 Å². The van der Waals surface area contributed by atoms with Crippen molar-refractivity contribution in [3.63, 3.8) is 0 Å². The average molecular weight is 1430 g/mol. The highest BCUT2D eigenvalue weighted by atomic mass is 31.2. The predicted molar refractivity (Wildman–Crippen MR) is 400 cm³/mol. The number of carbonyl (C=O) groups is 4. The molecular formula is C79H142O17P2. The number of aliphatic hydroxyl groups excluding tert-OH is 1. The molecule has 0 aromatic carbocycles. The summed E-state index contributed by atoms with van der Waals surface area (Å²) in [6.45, 7) is 4.80. The highest BCUT2D eigenvalue weighted by molar-refractivity contribution is 7.47. The fourth-order valence-corrected chi connectivity index (χ4v) is 12.3. The normalized spacial score (nSPS) is 14.3. The van der Waals surface area contributed by atoms with Crippen LogP contribution >= 0.6 is 15.6 Å². The van der Waals surface area contributed by atoms with Gasteiger partial charge in [0.15, 0.2) is 12.2 Å². The van der Waals surface area contributed by atoms with E-state index in [9.17, 15) is 43.2 Å². The second-order valence-electron chi connectivity index (χ2n) is 26.3. The molecule has 5 atom stereocenters. The summed E-state index contributed by atoms with van der Waals surface area (Å²) in [7, 11) is -9.96. The average Bonchev–Trinajstić information content (AvgIpc) is 1.02. The van der Waals surface area contributed by atoms with Gasteiger partial charge in [0, 0.05) is 25.7 Å². The molecule has 0 saturated carbocycles. The number of phosphoric acid groups is 2. The van der Waals surface area contributed by atoms with Crippen molar-refractivity contribution in [1.82, 2.24) is 0 Å². The van der Waals surface area contributed by atoms with Crippen molar-refractivity contribution in [2.75, 3.05) is 39.6 Å². The van der Waals surface area contributed by atoms with Crippen LogP contribution in [0.4, 0.5) is 0 Å². The zero-order valence-corrected chi connectivity index (χ0v) is 64.0. The Morgan fingerprint density at radius 3 is 0.898 bits per heavy atom. The first-order valence-electron chi connectivity index (χ1n) is 39.2. The number of hydrogen-bond donors (Lipinski definition) is 3. The van der Waals surface area contributed by atoms with Crippen molar-refractivity contribution in [3.8, 4) is 0 Å². The number of unbranched alkanes of at least 4 members (excludes halogenated alkanes) is 37. The van der Waals surface area contributed by atoms with E-state index in [1.54, 1.807) is 0 Å². The summed E-state index contributed by atoms with van der Waals surface area (Å²) in [4.78, 5) is 72.8. The first-order chi connectivity index (χ1) is 47.7. The highest BCUT2D eigenvalue weighted by Crippen LogP contribution is 2.45. The summed E-state index contributed by atoms with van der Waals surface area (Å²) >= 11 is 0. The van der Waals surface area contributed by atoms with Gasteiger partial charge < -0.3 is 33.8 Å². The first kappa shape index (κ1) is 94.5. The SMILES string of the molecule is CCCCC/C=C\C/C=C\C/C=C\C/C=C\CCCC(=O)O[C@H](COC(=O)CCCCCCCCCCCCCCC)COP(=O)(O)OC[C@H](O)COP(=O)(O)OC[C@@H](COC(=O)CCCCCCC/C=C\C=C/CCCCCC)OC(=O)CCCCCCCCCCCCCCC. The van der Waals surface area contributed by atoms with Gasteiger partial charge in [-0.15, -0.1) is 0 Å². The molecule has 0 rings (SSSR count). The topological polar surface area (TPSA) is 237 Å². The van der Waals surface area contributed by atoms with E-state index in [4.69, 9.17) is 37.0 Å². The quantitative estimate of drug-likeness (QED) is 0.0128. The molecule has 17 nitrogen and oxygen atoms in total. The van der Waals surface area contributed by atoms with Crippen LogP contribution in [0, 0.1) is 0 Å². The molecule has 0 aliphatic carbocycles. The predicted octanol–water partition coefficient (Wildman–Crippen LogP) is 22.4. The van der Waals surface area contributed by atoms with Crippen molar-refractivity contribution in [3.05, 3.63) is 72.9 Å². The van der Waals surface area contributed by atoms with Gasteiger partial charge in [-0.2, -0.15) is 0 Å². The van der Waals surface area contributed by atoms with E-state index >= 15 is 0 Å². The molecule has 0 amide bonds. The van der Waals surface area contributed by atoms with E-state index in [0.29, 0.717) is 32.1 Å². The number of hydrogen-bond acceptors (Lipinski definition) is 15. The Morgan fingerprint density at radius 1 is 0.296 bits per heavy atom. The van der Waals surface area contributed by atoms with Crippen LogP contribution < -0.4 is 0 Å². The lowest BCUT2D eigenvalue weighted by Crippen LogP contribution is -2.30. The third kappa shape index (κ3) is 70.9. The highest BCUT2D eigenvalue weighted by Gasteiger charge is 2.30. The zero-order valence-electron chi connectivity index (χ0n) is 62.2. The van der Waals surface area contributed by atoms with Crippen molar-refractivity contribution in [2.24, 2.45) is 0 Å². The molecule has 0 spiro atoms. The minimum Gasteiger partial charge on any atom is -0.462 e. The number of phosphoric ester groups is 2. The molecule has 0 heterocycles. The molecular weight excluding hydrogens is 1280 g/mol. The maximum Gasteiger partial charge on any atom is 0.472 e. The molecule has 0 aliphatic heterocycles. The summed E-state index contributed by atoms with van der Waals surface area (Å²) in [6, 6.07) is 0. The number of carbonyl (C=O) groups excluding carboxylic acids is 4. The molecule has 2 unspecified atom stereocenters. The standard InChI is InChI=1S/C79H142O17P2/c1-5-9-13-17-21-25-29-33-35-36-38-42-46-50-54-58-62-66-79(84)96-75(69-89-76(81)63-59-55-51-47-43-39-31-27-23-19-15-11-7-3)72-94-98(87,88)92-68-73(80)67-91-97(85,86)93-71-74(95-78(83)65-61-57-53-49-45-40-32-28-24-20-16-12-8-4)70-90-77(82)64-60-56-52-48-44-41-37-34-30-26-22-18-14-10-6-2/h21,25-26,30,33-35,37-38,42,50,54,73-75,80H,5-20,22-24,27-29,31-32,36,39-41,43-49,51-53,55-72H2,1-4H3,(H,85,86)(H,87,88)/b25-21-,30-26-,35-33-,37-34-,42-38-,54-50-/t73-,74-,75-/m1/s1. The van der Waals surface area contributed by atoms with Gasteiger partial charge in [0.25, 0.3) is 0 Å². The molecule has 0 aliphatic rings. The van der Waals surface area contributed by atoms with Crippen molar-refractivity contribution in [2.45, 2.75) is 367 Å². The van der Waals surface area contributed by atoms with Crippen molar-refractivity contribution in [1.29, 1.82) is 0 Å². The Bertz CT molecular complexity index is 2140. The Hall–Kier alpha value is -3.50. The Kier molecular flexibility index (Phi) is 69.3. The summed E-state index contributed by atoms with van der Waals surface area (Å²) in [5.74, 6) is -2.23. The fourth-order valence-electron chi connectivity index (χ4n) is 10.7. The van der Waals surface area contributed by atoms with Crippen LogP contribution in [0.1, 0.15) is 349 Å². The van der Waals surface area contributed by atoms with Crippen LogP contribution in [0.15, 0.2) is 72.9 Å². The van der Waals surface area contributed by atoms with E-state index in [0.717, 1.165) is 109 Å². The Balaban J connectivity index is 5.38. The lowest BCUT2D eigenvalue weighted by molar-refractivity contribution is -0.161. The van der Waals surface area contributed by atoms with Crippen molar-refractivity contribution < 1.29 is 80.2 Å². The van der Waals surface area contributed by atoms with E-state index < -0.39 is 97.5 Å². The van der Waals surface area contributed by atoms with Gasteiger partial charge in [0.2, 0.25) is 0 Å². The molecule has 570 valence electrons. The second kappa shape index (κ2) is 71.9. The fraction of sp³-hybridized carbons (Fsp3) is 0.797. The van der Waals surface area contributed by atoms with E-state index in [1.807, 2.05) is 12.2 Å². The Labute approximate surface area is 596 Å². The van der Waals surface area contributed by atoms with Gasteiger partial charge in [0.05, 0.1) is 26.4 Å². The van der Waals surface area contributed by atoms with Crippen molar-refractivity contribution >= 4 is 39.5 Å². The van der Waals surface area contributed by atoms with Crippen LogP contribution in [-0.2, 0) is 65.4 Å². The van der Waals surface area contributed by atoms with Gasteiger partial charge >= 0.3 is 39.5 Å². The number of aliphatic hydroxyl groups is 1. The van der Waals surface area contributed by atoms with Gasteiger partial charge in [0.1, 0.15) is 19.3 Å². The van der Waals surface area contributed by atoms with Gasteiger partial charge in [-0.25, -0.2) is 9.13 Å². The van der Waals surface area contributed by atoms with E-state index in [1.165, 1.54) is 154 Å². The Morgan fingerprint density at radius 2 is 0.541 bits per heavy atom. The number of rotatable bonds is 74. The molecule has 0 aromatic rings. The summed E-state index contributed by atoms with van der Waals surface area (Å²) in [5, 5.41) is 10.6. The van der Waals surface area contributed by atoms with Crippen LogP contribution in [0.25, 0.3) is 0 Å². The van der Waals surface area contributed by atoms with E-state index in [-0.39, 0.29) is 25.7 Å².